The number of aryl methyl sites for hydroxylation is 1. The Hall–Kier alpha value is -2.89. The van der Waals surface area contributed by atoms with Gasteiger partial charge in [0.05, 0.1) is 0 Å². The molecule has 1 aliphatic heterocycles. The van der Waals surface area contributed by atoms with Crippen molar-refractivity contribution in [1.82, 2.24) is 15.0 Å². The molecular weight excluding hydrogens is 358 g/mol. The van der Waals surface area contributed by atoms with E-state index < -0.39 is 11.6 Å². The van der Waals surface area contributed by atoms with Gasteiger partial charge in [-0.25, -0.2) is 18.7 Å². The first-order valence-electron chi connectivity index (χ1n) is 9.71. The number of hydrogen-bond donors (Lipinski definition) is 0. The van der Waals surface area contributed by atoms with Crippen LogP contribution < -0.4 is 4.90 Å². The Morgan fingerprint density at radius 2 is 1.82 bits per heavy atom. The van der Waals surface area contributed by atoms with E-state index in [-0.39, 0.29) is 11.5 Å². The lowest BCUT2D eigenvalue weighted by molar-refractivity contribution is 0.533. The van der Waals surface area contributed by atoms with Crippen LogP contribution in [-0.2, 0) is 12.8 Å². The fraction of sp³-hybridized carbons (Fsp3) is 0.318. The fourth-order valence-corrected chi connectivity index (χ4v) is 4.37. The average Bonchev–Trinajstić information content (AvgIpc) is 3.37. The van der Waals surface area contributed by atoms with Crippen LogP contribution in [0.5, 0.6) is 0 Å². The predicted molar refractivity (Wildman–Crippen MR) is 103 cm³/mol. The lowest BCUT2D eigenvalue weighted by Gasteiger charge is -2.21. The maximum atomic E-state index is 14.2. The summed E-state index contributed by atoms with van der Waals surface area (Å²) < 4.78 is 28.5. The summed E-state index contributed by atoms with van der Waals surface area (Å²) in [6.45, 7) is 1.28. The van der Waals surface area contributed by atoms with Gasteiger partial charge in [-0.1, -0.05) is 12.1 Å². The molecule has 0 spiro atoms. The van der Waals surface area contributed by atoms with E-state index in [0.29, 0.717) is 18.8 Å². The third-order valence-electron chi connectivity index (χ3n) is 5.70. The zero-order valence-electron chi connectivity index (χ0n) is 15.4. The van der Waals surface area contributed by atoms with Crippen molar-refractivity contribution in [1.29, 1.82) is 0 Å². The Kier molecular flexibility index (Phi) is 4.26. The van der Waals surface area contributed by atoms with Gasteiger partial charge in [0, 0.05) is 42.0 Å². The van der Waals surface area contributed by atoms with Crippen LogP contribution in [0.1, 0.15) is 35.6 Å². The Bertz CT molecular complexity index is 1000. The highest BCUT2D eigenvalue weighted by atomic mass is 19.1. The molecule has 4 nitrogen and oxygen atoms in total. The second kappa shape index (κ2) is 6.93. The number of nitrogens with zero attached hydrogens (tertiary/aromatic N) is 4. The Balaban J connectivity index is 1.51. The molecule has 1 atom stereocenters. The third kappa shape index (κ3) is 2.93. The van der Waals surface area contributed by atoms with Crippen molar-refractivity contribution in [3.8, 4) is 11.5 Å². The van der Waals surface area contributed by atoms with Crippen LogP contribution in [0.3, 0.4) is 0 Å². The van der Waals surface area contributed by atoms with Crippen molar-refractivity contribution in [2.24, 2.45) is 0 Å². The Morgan fingerprint density at radius 3 is 2.61 bits per heavy atom. The summed E-state index contributed by atoms with van der Waals surface area (Å²) in [6.07, 6.45) is 5.38. The van der Waals surface area contributed by atoms with E-state index in [0.717, 1.165) is 43.0 Å². The molecule has 28 heavy (non-hydrogen) atoms. The van der Waals surface area contributed by atoms with Gasteiger partial charge in [-0.2, -0.15) is 0 Å². The van der Waals surface area contributed by atoms with E-state index in [1.54, 1.807) is 6.20 Å². The molecule has 6 heteroatoms. The van der Waals surface area contributed by atoms with Gasteiger partial charge >= 0.3 is 0 Å². The quantitative estimate of drug-likeness (QED) is 0.682. The predicted octanol–water partition coefficient (Wildman–Crippen LogP) is 4.30. The van der Waals surface area contributed by atoms with Crippen molar-refractivity contribution < 1.29 is 8.78 Å². The highest BCUT2D eigenvalue weighted by Gasteiger charge is 2.32. The molecule has 5 rings (SSSR count). The summed E-state index contributed by atoms with van der Waals surface area (Å²) in [6, 6.07) is 9.78. The SMILES string of the molecule is Fc1cccc(F)c1C1CCN(c2nc(-c3ccccn3)nc3c2CCC3)C1. The summed E-state index contributed by atoms with van der Waals surface area (Å²) >= 11 is 0. The van der Waals surface area contributed by atoms with E-state index in [9.17, 15) is 8.78 Å². The monoisotopic (exact) mass is 378 g/mol. The van der Waals surface area contributed by atoms with Gasteiger partial charge in [0.2, 0.25) is 0 Å². The van der Waals surface area contributed by atoms with Gasteiger partial charge in [-0.3, -0.25) is 4.98 Å². The van der Waals surface area contributed by atoms with Gasteiger partial charge in [0.1, 0.15) is 23.1 Å². The molecule has 0 amide bonds. The van der Waals surface area contributed by atoms with E-state index >= 15 is 0 Å². The van der Waals surface area contributed by atoms with Crippen molar-refractivity contribution in [3.63, 3.8) is 0 Å². The maximum absolute atomic E-state index is 14.2. The minimum atomic E-state index is -0.464. The van der Waals surface area contributed by atoms with Gasteiger partial charge in [-0.05, 0) is 49.9 Å². The first kappa shape index (κ1) is 17.2. The van der Waals surface area contributed by atoms with Crippen LogP contribution >= 0.6 is 0 Å². The van der Waals surface area contributed by atoms with Gasteiger partial charge in [0.25, 0.3) is 0 Å². The van der Waals surface area contributed by atoms with Crippen LogP contribution in [-0.4, -0.2) is 28.0 Å². The van der Waals surface area contributed by atoms with Crippen LogP contribution in [0.2, 0.25) is 0 Å². The molecule has 1 aliphatic carbocycles. The van der Waals surface area contributed by atoms with Gasteiger partial charge in [-0.15, -0.1) is 0 Å². The second-order valence-electron chi connectivity index (χ2n) is 7.43. The smallest absolute Gasteiger partial charge is 0.180 e. The highest BCUT2D eigenvalue weighted by molar-refractivity contribution is 5.59. The lowest BCUT2D eigenvalue weighted by Crippen LogP contribution is -2.23. The zero-order valence-corrected chi connectivity index (χ0v) is 15.4. The van der Waals surface area contributed by atoms with Crippen LogP contribution in [0.15, 0.2) is 42.6 Å². The Morgan fingerprint density at radius 1 is 0.964 bits per heavy atom. The molecule has 3 aromatic rings. The second-order valence-corrected chi connectivity index (χ2v) is 7.43. The number of rotatable bonds is 3. The summed E-state index contributed by atoms with van der Waals surface area (Å²) in [5, 5.41) is 0. The first-order chi connectivity index (χ1) is 13.7. The fourth-order valence-electron chi connectivity index (χ4n) is 4.37. The van der Waals surface area contributed by atoms with Crippen molar-refractivity contribution in [3.05, 3.63) is 71.1 Å². The number of aromatic nitrogens is 3. The largest absolute Gasteiger partial charge is 0.356 e. The third-order valence-corrected chi connectivity index (χ3v) is 5.70. The molecule has 3 heterocycles. The molecule has 0 radical (unpaired) electrons. The number of benzene rings is 1. The minimum absolute atomic E-state index is 0.175. The summed E-state index contributed by atoms with van der Waals surface area (Å²) in [7, 11) is 0. The summed E-state index contributed by atoms with van der Waals surface area (Å²) in [5.41, 5.74) is 3.19. The molecular formula is C22H20F2N4. The number of hydrogen-bond acceptors (Lipinski definition) is 4. The number of pyridine rings is 1. The number of fused-ring (bicyclic) bond motifs is 1. The zero-order chi connectivity index (χ0) is 19.1. The minimum Gasteiger partial charge on any atom is -0.356 e. The molecule has 1 saturated heterocycles. The molecule has 142 valence electrons. The molecule has 1 unspecified atom stereocenters. The van der Waals surface area contributed by atoms with Gasteiger partial charge in [0.15, 0.2) is 5.82 Å². The van der Waals surface area contributed by atoms with E-state index in [1.807, 2.05) is 18.2 Å². The molecule has 1 fully saturated rings. The molecule has 0 N–H and O–H groups in total. The standard InChI is InChI=1S/C22H20F2N4/c23-16-6-4-7-17(24)20(16)14-10-12-28(13-14)22-15-5-3-9-18(15)26-21(27-22)19-8-1-2-11-25-19/h1-2,4,6-8,11,14H,3,5,9-10,12-13H2. The van der Waals surface area contributed by atoms with Crippen LogP contribution in [0, 0.1) is 11.6 Å². The lowest BCUT2D eigenvalue weighted by atomic mass is 9.97. The molecule has 2 aromatic heterocycles. The van der Waals surface area contributed by atoms with E-state index in [2.05, 4.69) is 9.88 Å². The molecule has 2 aliphatic rings. The first-order valence-corrected chi connectivity index (χ1v) is 9.71. The highest BCUT2D eigenvalue weighted by Crippen LogP contribution is 2.37. The van der Waals surface area contributed by atoms with Crippen molar-refractivity contribution in [2.75, 3.05) is 18.0 Å². The topological polar surface area (TPSA) is 41.9 Å². The number of halogens is 2. The Labute approximate surface area is 162 Å². The normalized spacial score (nSPS) is 18.5. The van der Waals surface area contributed by atoms with Gasteiger partial charge < -0.3 is 4.90 Å². The number of anilines is 1. The summed E-state index contributed by atoms with van der Waals surface area (Å²) in [4.78, 5) is 16.1. The van der Waals surface area contributed by atoms with Crippen LogP contribution in [0.25, 0.3) is 11.5 Å². The van der Waals surface area contributed by atoms with E-state index in [4.69, 9.17) is 9.97 Å². The molecule has 1 aromatic carbocycles. The molecule has 0 bridgehead atoms. The van der Waals surface area contributed by atoms with Crippen LogP contribution in [0.4, 0.5) is 14.6 Å². The van der Waals surface area contributed by atoms with Crippen molar-refractivity contribution >= 4 is 5.82 Å². The molecule has 0 saturated carbocycles. The maximum Gasteiger partial charge on any atom is 0.180 e. The summed E-state index contributed by atoms with van der Waals surface area (Å²) in [5.74, 6) is 0.425. The average molecular weight is 378 g/mol. The van der Waals surface area contributed by atoms with Crippen molar-refractivity contribution in [2.45, 2.75) is 31.6 Å². The van der Waals surface area contributed by atoms with E-state index in [1.165, 1.54) is 23.8 Å².